The van der Waals surface area contributed by atoms with Crippen molar-refractivity contribution in [1.29, 1.82) is 0 Å². The van der Waals surface area contributed by atoms with Gasteiger partial charge in [0.2, 0.25) is 0 Å². The zero-order chi connectivity index (χ0) is 19.6. The van der Waals surface area contributed by atoms with Gasteiger partial charge in [-0.1, -0.05) is 12.8 Å². The molecule has 1 heterocycles. The Balaban J connectivity index is 2.22. The Hall–Kier alpha value is -1.03. The molecule has 10 heteroatoms. The first kappa shape index (κ1) is 21.3. The van der Waals surface area contributed by atoms with Crippen molar-refractivity contribution in [3.8, 4) is 0 Å². The van der Waals surface area contributed by atoms with Gasteiger partial charge in [-0.25, -0.2) is 0 Å². The highest BCUT2D eigenvalue weighted by Crippen LogP contribution is 2.50. The van der Waals surface area contributed by atoms with E-state index in [4.69, 9.17) is 4.74 Å². The number of alkyl halides is 6. The largest absolute Gasteiger partial charge is 0.458 e. The maximum atomic E-state index is 13.2. The Labute approximate surface area is 146 Å². The van der Waals surface area contributed by atoms with Gasteiger partial charge in [0.15, 0.2) is 6.10 Å². The molecule has 2 fully saturated rings. The quantitative estimate of drug-likeness (QED) is 0.572. The van der Waals surface area contributed by atoms with Gasteiger partial charge >= 0.3 is 18.3 Å². The van der Waals surface area contributed by atoms with Crippen molar-refractivity contribution < 1.29 is 45.7 Å². The molecule has 0 bridgehead atoms. The molecule has 2 rings (SSSR count). The van der Waals surface area contributed by atoms with E-state index in [9.17, 15) is 36.2 Å². The molecule has 0 aromatic carbocycles. The summed E-state index contributed by atoms with van der Waals surface area (Å²) in [6.45, 7) is 0.748. The van der Waals surface area contributed by atoms with Crippen molar-refractivity contribution in [3.63, 3.8) is 0 Å². The van der Waals surface area contributed by atoms with Crippen LogP contribution in [0.3, 0.4) is 0 Å². The highest BCUT2D eigenvalue weighted by Gasteiger charge is 2.76. The lowest BCUT2D eigenvalue weighted by molar-refractivity contribution is -0.395. The summed E-state index contributed by atoms with van der Waals surface area (Å²) in [6.07, 6.45) is -13.2. The number of hydrogen-bond acceptors (Lipinski definition) is 4. The van der Waals surface area contributed by atoms with Crippen molar-refractivity contribution >= 4 is 5.97 Å². The summed E-state index contributed by atoms with van der Waals surface area (Å²) in [6, 6.07) is 0. The highest BCUT2D eigenvalue weighted by molar-refractivity contribution is 5.70. The molecule has 1 unspecified atom stereocenters. The van der Waals surface area contributed by atoms with Crippen LogP contribution in [0.15, 0.2) is 0 Å². The van der Waals surface area contributed by atoms with Gasteiger partial charge in [0.05, 0.1) is 0 Å². The smallest absolute Gasteiger partial charge is 0.430 e. The standard InChI is InChI=1S/C16H22F6O4/c17-15(18,19)14(24,16(20,21)22)13(11-3-1-2-4-11)26-12(23)9-10-5-7-25-8-6-10/h10-11,13,24H,1-9H2. The Kier molecular flexibility index (Phi) is 6.48. The molecule has 26 heavy (non-hydrogen) atoms. The lowest BCUT2D eigenvalue weighted by Gasteiger charge is -2.40. The zero-order valence-electron chi connectivity index (χ0n) is 14.0. The van der Waals surface area contributed by atoms with Gasteiger partial charge in [-0.3, -0.25) is 4.79 Å². The first-order valence-corrected chi connectivity index (χ1v) is 8.60. The summed E-state index contributed by atoms with van der Waals surface area (Å²) in [5.74, 6) is -2.56. The molecule has 2 aliphatic rings. The number of esters is 1. The molecule has 0 radical (unpaired) electrons. The normalized spacial score (nSPS) is 22.4. The third kappa shape index (κ3) is 4.44. The van der Waals surface area contributed by atoms with E-state index in [1.807, 2.05) is 0 Å². The molecular formula is C16H22F6O4. The van der Waals surface area contributed by atoms with E-state index in [-0.39, 0.29) is 25.2 Å². The fourth-order valence-electron chi connectivity index (χ4n) is 3.64. The number of carbonyl (C=O) groups is 1. The maximum absolute atomic E-state index is 13.2. The van der Waals surface area contributed by atoms with Gasteiger partial charge in [0.25, 0.3) is 5.60 Å². The van der Waals surface area contributed by atoms with Crippen LogP contribution < -0.4 is 0 Å². The van der Waals surface area contributed by atoms with E-state index in [2.05, 4.69) is 4.74 Å². The Morgan fingerprint density at radius 2 is 1.50 bits per heavy atom. The van der Waals surface area contributed by atoms with E-state index in [0.29, 0.717) is 38.9 Å². The number of aliphatic hydroxyl groups is 1. The summed E-state index contributed by atoms with van der Waals surface area (Å²) in [4.78, 5) is 12.1. The minimum atomic E-state index is -6.02. The summed E-state index contributed by atoms with van der Waals surface area (Å²) >= 11 is 0. The molecule has 152 valence electrons. The van der Waals surface area contributed by atoms with E-state index < -0.39 is 35.9 Å². The molecule has 1 aliphatic carbocycles. The van der Waals surface area contributed by atoms with Crippen molar-refractivity contribution in [2.75, 3.05) is 13.2 Å². The average molecular weight is 392 g/mol. The summed E-state index contributed by atoms with van der Waals surface area (Å²) in [5.41, 5.74) is -5.08. The molecular weight excluding hydrogens is 370 g/mol. The molecule has 1 saturated carbocycles. The number of hydrogen-bond donors (Lipinski definition) is 1. The zero-order valence-corrected chi connectivity index (χ0v) is 14.0. The van der Waals surface area contributed by atoms with Crippen LogP contribution in [0.4, 0.5) is 26.3 Å². The summed E-state index contributed by atoms with van der Waals surface area (Å²) in [7, 11) is 0. The van der Waals surface area contributed by atoms with Gasteiger partial charge in [-0.15, -0.1) is 0 Å². The van der Waals surface area contributed by atoms with E-state index in [0.717, 1.165) is 0 Å². The summed E-state index contributed by atoms with van der Waals surface area (Å²) < 4.78 is 89.2. The van der Waals surface area contributed by atoms with E-state index >= 15 is 0 Å². The van der Waals surface area contributed by atoms with Crippen molar-refractivity contribution in [1.82, 2.24) is 0 Å². The molecule has 4 nitrogen and oxygen atoms in total. The summed E-state index contributed by atoms with van der Waals surface area (Å²) in [5, 5.41) is 9.71. The van der Waals surface area contributed by atoms with Crippen LogP contribution in [0.5, 0.6) is 0 Å². The van der Waals surface area contributed by atoms with Crippen molar-refractivity contribution in [2.24, 2.45) is 11.8 Å². The molecule has 0 aromatic rings. The third-order valence-electron chi connectivity index (χ3n) is 5.16. The second-order valence-electron chi connectivity index (χ2n) is 6.98. The molecule has 0 spiro atoms. The Morgan fingerprint density at radius 1 is 1.00 bits per heavy atom. The van der Waals surface area contributed by atoms with Crippen LogP contribution in [-0.2, 0) is 14.3 Å². The Bertz CT molecular complexity index is 464. The third-order valence-corrected chi connectivity index (χ3v) is 5.16. The SMILES string of the molecule is O=C(CC1CCOCC1)OC(C1CCCC1)C(O)(C(F)(F)F)C(F)(F)F. The minimum absolute atomic E-state index is 0.0314. The first-order chi connectivity index (χ1) is 12.0. The van der Waals surface area contributed by atoms with Crippen LogP contribution in [0.2, 0.25) is 0 Å². The van der Waals surface area contributed by atoms with E-state index in [1.165, 1.54) is 0 Å². The number of ether oxygens (including phenoxy) is 2. The van der Waals surface area contributed by atoms with Crippen molar-refractivity contribution in [2.45, 2.75) is 69.0 Å². The molecule has 0 aromatic heterocycles. The van der Waals surface area contributed by atoms with Crippen LogP contribution >= 0.6 is 0 Å². The first-order valence-electron chi connectivity index (χ1n) is 8.60. The van der Waals surface area contributed by atoms with Crippen LogP contribution in [-0.4, -0.2) is 48.3 Å². The molecule has 1 N–H and O–H groups in total. The van der Waals surface area contributed by atoms with Crippen LogP contribution in [0.1, 0.15) is 44.9 Å². The lowest BCUT2D eigenvalue weighted by atomic mass is 9.84. The fourth-order valence-corrected chi connectivity index (χ4v) is 3.64. The van der Waals surface area contributed by atoms with Gasteiger partial charge in [0.1, 0.15) is 0 Å². The topological polar surface area (TPSA) is 55.8 Å². The molecule has 0 amide bonds. The monoisotopic (exact) mass is 392 g/mol. The lowest BCUT2D eigenvalue weighted by Crippen LogP contribution is -2.66. The second-order valence-corrected chi connectivity index (χ2v) is 6.98. The van der Waals surface area contributed by atoms with E-state index in [1.54, 1.807) is 0 Å². The van der Waals surface area contributed by atoms with Crippen LogP contribution in [0.25, 0.3) is 0 Å². The van der Waals surface area contributed by atoms with Gasteiger partial charge in [-0.05, 0) is 37.5 Å². The highest BCUT2D eigenvalue weighted by atomic mass is 19.4. The predicted molar refractivity (Wildman–Crippen MR) is 77.1 cm³/mol. The fraction of sp³-hybridized carbons (Fsp3) is 0.938. The minimum Gasteiger partial charge on any atom is -0.458 e. The Morgan fingerprint density at radius 3 is 1.96 bits per heavy atom. The van der Waals surface area contributed by atoms with Crippen LogP contribution in [0, 0.1) is 11.8 Å². The number of halogens is 6. The van der Waals surface area contributed by atoms with Gasteiger partial charge in [-0.2, -0.15) is 26.3 Å². The average Bonchev–Trinajstić information content (AvgIpc) is 3.04. The predicted octanol–water partition coefficient (Wildman–Crippen LogP) is 3.76. The number of rotatable bonds is 5. The van der Waals surface area contributed by atoms with Gasteiger partial charge in [0, 0.05) is 19.6 Å². The second kappa shape index (κ2) is 7.92. The molecule has 1 aliphatic heterocycles. The molecule has 1 saturated heterocycles. The van der Waals surface area contributed by atoms with Crippen molar-refractivity contribution in [3.05, 3.63) is 0 Å². The van der Waals surface area contributed by atoms with Gasteiger partial charge < -0.3 is 14.6 Å². The number of carbonyl (C=O) groups excluding carboxylic acids is 1. The molecule has 1 atom stereocenters. The maximum Gasteiger partial charge on any atom is 0.430 e.